The Morgan fingerprint density at radius 2 is 2.23 bits per heavy atom. The maximum absolute atomic E-state index is 12.6. The summed E-state index contributed by atoms with van der Waals surface area (Å²) in [6.45, 7) is 5.18. The molecule has 0 aliphatic carbocycles. The Bertz CT molecular complexity index is 815. The van der Waals surface area contributed by atoms with Gasteiger partial charge >= 0.3 is 0 Å². The number of anilines is 1. The lowest BCUT2D eigenvalue weighted by atomic mass is 10.2. The highest BCUT2D eigenvalue weighted by atomic mass is 16.5. The Morgan fingerprint density at radius 1 is 1.42 bits per heavy atom. The predicted octanol–water partition coefficient (Wildman–Crippen LogP) is 2.15. The first-order chi connectivity index (χ1) is 12.5. The molecule has 0 radical (unpaired) electrons. The van der Waals surface area contributed by atoms with E-state index in [0.29, 0.717) is 17.9 Å². The molecule has 26 heavy (non-hydrogen) atoms. The SMILES string of the molecule is CCCn1ncc(C(=O)NC2CC(=O)N(c3cccc(OC)c3)C2)c1C. The fourth-order valence-electron chi connectivity index (χ4n) is 3.20. The normalized spacial score (nSPS) is 16.8. The first-order valence-electron chi connectivity index (χ1n) is 8.81. The summed E-state index contributed by atoms with van der Waals surface area (Å²) in [6, 6.07) is 7.14. The molecule has 1 saturated heterocycles. The molecule has 1 aromatic carbocycles. The van der Waals surface area contributed by atoms with Gasteiger partial charge in [-0.3, -0.25) is 14.3 Å². The molecule has 7 heteroatoms. The second-order valence-electron chi connectivity index (χ2n) is 6.45. The fourth-order valence-corrected chi connectivity index (χ4v) is 3.20. The van der Waals surface area contributed by atoms with Gasteiger partial charge in [0, 0.05) is 37.0 Å². The van der Waals surface area contributed by atoms with Crippen molar-refractivity contribution in [3.05, 3.63) is 41.7 Å². The Labute approximate surface area is 152 Å². The van der Waals surface area contributed by atoms with Gasteiger partial charge in [0.05, 0.1) is 24.9 Å². The minimum absolute atomic E-state index is 0.0121. The topological polar surface area (TPSA) is 76.5 Å². The highest BCUT2D eigenvalue weighted by molar-refractivity contribution is 5.99. The number of ether oxygens (including phenoxy) is 1. The average Bonchev–Trinajstić information content (AvgIpc) is 3.18. The van der Waals surface area contributed by atoms with E-state index in [-0.39, 0.29) is 24.3 Å². The van der Waals surface area contributed by atoms with Crippen LogP contribution in [0.1, 0.15) is 35.8 Å². The standard InChI is InChI=1S/C19H24N4O3/c1-4-8-23-13(2)17(11-20-23)19(25)21-14-9-18(24)22(12-14)15-6-5-7-16(10-15)26-3/h5-7,10-11,14H,4,8-9,12H2,1-3H3,(H,21,25). The summed E-state index contributed by atoms with van der Waals surface area (Å²) < 4.78 is 7.05. The molecule has 1 aliphatic rings. The van der Waals surface area contributed by atoms with Gasteiger partial charge in [0.25, 0.3) is 5.91 Å². The number of aryl methyl sites for hydroxylation is 1. The molecule has 2 heterocycles. The quantitative estimate of drug-likeness (QED) is 0.860. The monoisotopic (exact) mass is 356 g/mol. The van der Waals surface area contributed by atoms with Crippen LogP contribution >= 0.6 is 0 Å². The number of rotatable bonds is 6. The summed E-state index contributed by atoms with van der Waals surface area (Å²) in [4.78, 5) is 26.6. The molecule has 2 aromatic rings. The maximum Gasteiger partial charge on any atom is 0.255 e. The number of methoxy groups -OCH3 is 1. The third-order valence-corrected chi connectivity index (χ3v) is 4.61. The zero-order valence-electron chi connectivity index (χ0n) is 15.4. The van der Waals surface area contributed by atoms with Gasteiger partial charge < -0.3 is 15.0 Å². The molecule has 1 atom stereocenters. The molecule has 138 valence electrons. The Kier molecular flexibility index (Phi) is 5.25. The smallest absolute Gasteiger partial charge is 0.255 e. The minimum atomic E-state index is -0.227. The van der Waals surface area contributed by atoms with Crippen molar-refractivity contribution in [2.75, 3.05) is 18.6 Å². The minimum Gasteiger partial charge on any atom is -0.497 e. The van der Waals surface area contributed by atoms with E-state index in [0.717, 1.165) is 24.3 Å². The van der Waals surface area contributed by atoms with Crippen molar-refractivity contribution in [2.45, 2.75) is 39.3 Å². The largest absolute Gasteiger partial charge is 0.497 e. The van der Waals surface area contributed by atoms with E-state index in [2.05, 4.69) is 17.3 Å². The van der Waals surface area contributed by atoms with Gasteiger partial charge in [0.2, 0.25) is 5.91 Å². The number of nitrogens with zero attached hydrogens (tertiary/aromatic N) is 3. The van der Waals surface area contributed by atoms with E-state index in [1.807, 2.05) is 35.9 Å². The molecule has 7 nitrogen and oxygen atoms in total. The highest BCUT2D eigenvalue weighted by Gasteiger charge is 2.32. The summed E-state index contributed by atoms with van der Waals surface area (Å²) in [6.07, 6.45) is 2.83. The van der Waals surface area contributed by atoms with Crippen LogP contribution in [0, 0.1) is 6.92 Å². The summed E-state index contributed by atoms with van der Waals surface area (Å²) >= 11 is 0. The van der Waals surface area contributed by atoms with Gasteiger partial charge in [0.15, 0.2) is 0 Å². The van der Waals surface area contributed by atoms with Gasteiger partial charge in [-0.05, 0) is 25.5 Å². The third-order valence-electron chi connectivity index (χ3n) is 4.61. The Hall–Kier alpha value is -2.83. The van der Waals surface area contributed by atoms with Gasteiger partial charge in [-0.15, -0.1) is 0 Å². The Morgan fingerprint density at radius 3 is 2.96 bits per heavy atom. The van der Waals surface area contributed by atoms with Crippen molar-refractivity contribution < 1.29 is 14.3 Å². The molecular weight excluding hydrogens is 332 g/mol. The molecule has 1 fully saturated rings. The van der Waals surface area contributed by atoms with Crippen LogP contribution in [0.4, 0.5) is 5.69 Å². The molecule has 1 aliphatic heterocycles. The summed E-state index contributed by atoms with van der Waals surface area (Å²) in [7, 11) is 1.59. The third kappa shape index (κ3) is 3.56. The lowest BCUT2D eigenvalue weighted by Crippen LogP contribution is -2.37. The average molecular weight is 356 g/mol. The molecule has 0 saturated carbocycles. The van der Waals surface area contributed by atoms with Crippen LogP contribution in [-0.4, -0.2) is 41.3 Å². The summed E-state index contributed by atoms with van der Waals surface area (Å²) in [5.41, 5.74) is 2.18. The number of amides is 2. The number of carbonyl (C=O) groups is 2. The number of hydrogen-bond donors (Lipinski definition) is 1. The van der Waals surface area contributed by atoms with Gasteiger partial charge in [-0.2, -0.15) is 5.10 Å². The lowest BCUT2D eigenvalue weighted by Gasteiger charge is -2.18. The van der Waals surface area contributed by atoms with Gasteiger partial charge in [-0.1, -0.05) is 13.0 Å². The van der Waals surface area contributed by atoms with E-state index in [1.54, 1.807) is 18.2 Å². The molecule has 0 bridgehead atoms. The molecule has 1 unspecified atom stereocenters. The second kappa shape index (κ2) is 7.59. The van der Waals surface area contributed by atoms with Crippen LogP contribution in [0.5, 0.6) is 5.75 Å². The van der Waals surface area contributed by atoms with Gasteiger partial charge in [0.1, 0.15) is 5.75 Å². The molecule has 0 spiro atoms. The second-order valence-corrected chi connectivity index (χ2v) is 6.45. The summed E-state index contributed by atoms with van der Waals surface area (Å²) in [5, 5.41) is 7.23. The molecular formula is C19H24N4O3. The molecule has 1 aromatic heterocycles. The number of hydrogen-bond acceptors (Lipinski definition) is 4. The van der Waals surface area contributed by atoms with Crippen molar-refractivity contribution in [1.82, 2.24) is 15.1 Å². The highest BCUT2D eigenvalue weighted by Crippen LogP contribution is 2.25. The van der Waals surface area contributed by atoms with Crippen molar-refractivity contribution >= 4 is 17.5 Å². The predicted molar refractivity (Wildman–Crippen MR) is 98.5 cm³/mol. The maximum atomic E-state index is 12.6. The number of nitrogens with one attached hydrogen (secondary N) is 1. The zero-order chi connectivity index (χ0) is 18.7. The van der Waals surface area contributed by atoms with Gasteiger partial charge in [-0.25, -0.2) is 0 Å². The first-order valence-corrected chi connectivity index (χ1v) is 8.81. The summed E-state index contributed by atoms with van der Waals surface area (Å²) in [5.74, 6) is 0.499. The zero-order valence-corrected chi connectivity index (χ0v) is 15.4. The van der Waals surface area contributed by atoms with Crippen molar-refractivity contribution in [3.8, 4) is 5.75 Å². The van der Waals surface area contributed by atoms with E-state index >= 15 is 0 Å². The van der Waals surface area contributed by atoms with E-state index in [9.17, 15) is 9.59 Å². The first kappa shape index (κ1) is 18.0. The molecule has 2 amide bonds. The van der Waals surface area contributed by atoms with Crippen LogP contribution < -0.4 is 15.0 Å². The molecule has 1 N–H and O–H groups in total. The Balaban J connectivity index is 1.68. The van der Waals surface area contributed by atoms with Crippen LogP contribution in [0.2, 0.25) is 0 Å². The van der Waals surface area contributed by atoms with E-state index < -0.39 is 0 Å². The van der Waals surface area contributed by atoms with Crippen LogP contribution in [0.25, 0.3) is 0 Å². The number of carbonyl (C=O) groups excluding carboxylic acids is 2. The van der Waals surface area contributed by atoms with Crippen molar-refractivity contribution in [3.63, 3.8) is 0 Å². The van der Waals surface area contributed by atoms with Crippen LogP contribution in [-0.2, 0) is 11.3 Å². The number of benzene rings is 1. The van der Waals surface area contributed by atoms with Crippen molar-refractivity contribution in [2.24, 2.45) is 0 Å². The van der Waals surface area contributed by atoms with Crippen molar-refractivity contribution in [1.29, 1.82) is 0 Å². The number of aromatic nitrogens is 2. The fraction of sp³-hybridized carbons (Fsp3) is 0.421. The van der Waals surface area contributed by atoms with Crippen LogP contribution in [0.3, 0.4) is 0 Å². The van der Waals surface area contributed by atoms with Crippen LogP contribution in [0.15, 0.2) is 30.5 Å². The van der Waals surface area contributed by atoms with E-state index in [4.69, 9.17) is 4.74 Å². The molecule has 3 rings (SSSR count). The lowest BCUT2D eigenvalue weighted by molar-refractivity contribution is -0.117. The van der Waals surface area contributed by atoms with E-state index in [1.165, 1.54) is 0 Å².